The molecule has 1 N–H and O–H groups in total. The lowest BCUT2D eigenvalue weighted by Crippen LogP contribution is -2.03. The second-order valence-corrected chi connectivity index (χ2v) is 5.02. The van der Waals surface area contributed by atoms with Crippen molar-refractivity contribution in [2.45, 2.75) is 20.3 Å². The smallest absolute Gasteiger partial charge is 0.335 e. The van der Waals surface area contributed by atoms with E-state index in [2.05, 4.69) is 13.8 Å². The van der Waals surface area contributed by atoms with Gasteiger partial charge in [-0.1, -0.05) is 13.8 Å². The second kappa shape index (κ2) is 6.28. The molecule has 0 aliphatic carbocycles. The summed E-state index contributed by atoms with van der Waals surface area (Å²) in [6, 6.07) is 8.35. The lowest BCUT2D eigenvalue weighted by Gasteiger charge is -2.12. The summed E-state index contributed by atoms with van der Waals surface area (Å²) < 4.78 is 11.1. The van der Waals surface area contributed by atoms with Crippen molar-refractivity contribution < 1.29 is 19.1 Å². The number of carboxylic acid groups (broad SMARTS) is 1. The minimum atomic E-state index is -0.966. The third-order valence-electron chi connectivity index (χ3n) is 2.97. The minimum absolute atomic E-state index is 0.215. The van der Waals surface area contributed by atoms with Gasteiger partial charge in [-0.25, -0.2) is 4.79 Å². The van der Waals surface area contributed by atoms with Crippen molar-refractivity contribution in [3.63, 3.8) is 0 Å². The van der Waals surface area contributed by atoms with Crippen LogP contribution in [0.4, 0.5) is 0 Å². The molecule has 4 nitrogen and oxygen atoms in total. The molecule has 1 aromatic heterocycles. The first kappa shape index (κ1) is 14.2. The Morgan fingerprint density at radius 1 is 1.35 bits per heavy atom. The van der Waals surface area contributed by atoms with Crippen LogP contribution in [0, 0.1) is 5.92 Å². The van der Waals surface area contributed by atoms with Gasteiger partial charge in [0.2, 0.25) is 0 Å². The van der Waals surface area contributed by atoms with Crippen molar-refractivity contribution in [3.8, 4) is 17.1 Å². The first-order chi connectivity index (χ1) is 9.58. The second-order valence-electron chi connectivity index (χ2n) is 5.02. The molecule has 0 saturated carbocycles. The molecule has 0 radical (unpaired) electrons. The number of carbonyl (C=O) groups is 1. The highest BCUT2D eigenvalue weighted by Gasteiger charge is 2.13. The van der Waals surface area contributed by atoms with Gasteiger partial charge in [-0.2, -0.15) is 0 Å². The predicted octanol–water partition coefficient (Wildman–Crippen LogP) is 4.07. The van der Waals surface area contributed by atoms with Gasteiger partial charge in [-0.15, -0.1) is 0 Å². The van der Waals surface area contributed by atoms with E-state index in [-0.39, 0.29) is 5.56 Å². The molecule has 20 heavy (non-hydrogen) atoms. The summed E-state index contributed by atoms with van der Waals surface area (Å²) in [5.74, 6) is 0.838. The van der Waals surface area contributed by atoms with Crippen LogP contribution in [-0.4, -0.2) is 17.7 Å². The first-order valence-electron chi connectivity index (χ1n) is 6.62. The van der Waals surface area contributed by atoms with Gasteiger partial charge in [-0.3, -0.25) is 0 Å². The van der Waals surface area contributed by atoms with E-state index < -0.39 is 5.97 Å². The maximum absolute atomic E-state index is 11.1. The summed E-state index contributed by atoms with van der Waals surface area (Å²) in [6.07, 6.45) is 2.50. The number of carboxylic acids is 1. The van der Waals surface area contributed by atoms with Gasteiger partial charge < -0.3 is 14.3 Å². The fraction of sp³-hybridized carbons (Fsp3) is 0.312. The Balaban J connectivity index is 2.28. The van der Waals surface area contributed by atoms with Gasteiger partial charge in [0, 0.05) is 0 Å². The number of hydrogen-bond acceptors (Lipinski definition) is 3. The van der Waals surface area contributed by atoms with Crippen LogP contribution in [-0.2, 0) is 0 Å². The highest BCUT2D eigenvalue weighted by Crippen LogP contribution is 2.31. The van der Waals surface area contributed by atoms with E-state index in [9.17, 15) is 4.79 Å². The standard InChI is InChI=1S/C16H18O4/c1-11(2)7-9-20-15-6-5-12(16(17)18)10-13(15)14-4-3-8-19-14/h3-6,8,10-11H,7,9H2,1-2H3,(H,17,18). The van der Waals surface area contributed by atoms with Crippen molar-refractivity contribution in [1.29, 1.82) is 0 Å². The first-order valence-corrected chi connectivity index (χ1v) is 6.62. The molecule has 0 bridgehead atoms. The normalized spacial score (nSPS) is 10.8. The molecule has 0 aliphatic heterocycles. The minimum Gasteiger partial charge on any atom is -0.493 e. The summed E-state index contributed by atoms with van der Waals surface area (Å²) in [6.45, 7) is 4.85. The average Bonchev–Trinajstić information content (AvgIpc) is 2.92. The Hall–Kier alpha value is -2.23. The number of furan rings is 1. The lowest BCUT2D eigenvalue weighted by molar-refractivity contribution is 0.0697. The predicted molar refractivity (Wildman–Crippen MR) is 76.1 cm³/mol. The van der Waals surface area contributed by atoms with Gasteiger partial charge in [-0.05, 0) is 42.7 Å². The Kier molecular flexibility index (Phi) is 4.45. The summed E-state index contributed by atoms with van der Waals surface area (Å²) in [4.78, 5) is 11.1. The summed E-state index contributed by atoms with van der Waals surface area (Å²) >= 11 is 0. The fourth-order valence-corrected chi connectivity index (χ4v) is 1.82. The third-order valence-corrected chi connectivity index (χ3v) is 2.97. The van der Waals surface area contributed by atoms with Gasteiger partial charge in [0.15, 0.2) is 0 Å². The van der Waals surface area contributed by atoms with Gasteiger partial charge in [0.25, 0.3) is 0 Å². The molecule has 0 unspecified atom stereocenters. The zero-order valence-electron chi connectivity index (χ0n) is 11.6. The zero-order valence-corrected chi connectivity index (χ0v) is 11.6. The van der Waals surface area contributed by atoms with Crippen molar-refractivity contribution in [3.05, 3.63) is 42.2 Å². The van der Waals surface area contributed by atoms with Crippen molar-refractivity contribution >= 4 is 5.97 Å². The number of hydrogen-bond donors (Lipinski definition) is 1. The molecular weight excluding hydrogens is 256 g/mol. The van der Waals surface area contributed by atoms with Crippen LogP contribution < -0.4 is 4.74 Å². The van der Waals surface area contributed by atoms with Crippen LogP contribution >= 0.6 is 0 Å². The van der Waals surface area contributed by atoms with Crippen molar-refractivity contribution in [2.24, 2.45) is 5.92 Å². The van der Waals surface area contributed by atoms with Crippen molar-refractivity contribution in [2.75, 3.05) is 6.61 Å². The monoisotopic (exact) mass is 274 g/mol. The van der Waals surface area contributed by atoms with E-state index in [1.165, 1.54) is 0 Å². The quantitative estimate of drug-likeness (QED) is 0.862. The van der Waals surface area contributed by atoms with Gasteiger partial charge in [0.1, 0.15) is 11.5 Å². The largest absolute Gasteiger partial charge is 0.493 e. The topological polar surface area (TPSA) is 59.7 Å². The zero-order chi connectivity index (χ0) is 14.5. The average molecular weight is 274 g/mol. The molecule has 0 atom stereocenters. The van der Waals surface area contributed by atoms with E-state index in [1.54, 1.807) is 36.6 Å². The molecule has 2 rings (SSSR count). The molecule has 4 heteroatoms. The van der Waals surface area contributed by atoms with Crippen LogP contribution in [0.2, 0.25) is 0 Å². The molecule has 0 fully saturated rings. The molecular formula is C16H18O4. The summed E-state index contributed by atoms with van der Waals surface area (Å²) in [5, 5.41) is 9.08. The number of benzene rings is 1. The van der Waals surface area contributed by atoms with E-state index in [4.69, 9.17) is 14.3 Å². The van der Waals surface area contributed by atoms with E-state index in [0.29, 0.717) is 29.6 Å². The Labute approximate surface area is 118 Å². The molecule has 0 spiro atoms. The Morgan fingerprint density at radius 2 is 2.15 bits per heavy atom. The summed E-state index contributed by atoms with van der Waals surface area (Å²) in [7, 11) is 0. The Bertz CT molecular complexity index is 570. The number of ether oxygens (including phenoxy) is 1. The highest BCUT2D eigenvalue weighted by atomic mass is 16.5. The van der Waals surface area contributed by atoms with Crippen molar-refractivity contribution in [1.82, 2.24) is 0 Å². The van der Waals surface area contributed by atoms with Gasteiger partial charge in [0.05, 0.1) is 24.0 Å². The molecule has 2 aromatic rings. The van der Waals surface area contributed by atoms with Crippen LogP contribution in [0.15, 0.2) is 41.0 Å². The fourth-order valence-electron chi connectivity index (χ4n) is 1.82. The highest BCUT2D eigenvalue weighted by molar-refractivity contribution is 5.90. The van der Waals surface area contributed by atoms with Crippen LogP contribution in [0.5, 0.6) is 5.75 Å². The maximum atomic E-state index is 11.1. The van der Waals surface area contributed by atoms with Crippen LogP contribution in [0.1, 0.15) is 30.6 Å². The van der Waals surface area contributed by atoms with E-state index in [1.807, 2.05) is 0 Å². The van der Waals surface area contributed by atoms with E-state index in [0.717, 1.165) is 6.42 Å². The van der Waals surface area contributed by atoms with Gasteiger partial charge >= 0.3 is 5.97 Å². The lowest BCUT2D eigenvalue weighted by atomic mass is 10.1. The molecule has 1 aromatic carbocycles. The molecule has 0 amide bonds. The summed E-state index contributed by atoms with van der Waals surface area (Å²) in [5.41, 5.74) is 0.881. The molecule has 0 saturated heterocycles. The Morgan fingerprint density at radius 3 is 2.75 bits per heavy atom. The third kappa shape index (κ3) is 3.41. The number of aromatic carboxylic acids is 1. The number of rotatable bonds is 6. The molecule has 0 aliphatic rings. The molecule has 106 valence electrons. The maximum Gasteiger partial charge on any atom is 0.335 e. The SMILES string of the molecule is CC(C)CCOc1ccc(C(=O)O)cc1-c1ccco1. The van der Waals surface area contributed by atoms with Crippen LogP contribution in [0.3, 0.4) is 0 Å². The van der Waals surface area contributed by atoms with E-state index >= 15 is 0 Å². The van der Waals surface area contributed by atoms with Crippen LogP contribution in [0.25, 0.3) is 11.3 Å². The molecule has 1 heterocycles.